The number of hydrogen-bond acceptors (Lipinski definition) is 5. The third kappa shape index (κ3) is 4.22. The van der Waals surface area contributed by atoms with Crippen LogP contribution < -0.4 is 10.2 Å². The van der Waals surface area contributed by atoms with Crippen molar-refractivity contribution in [1.29, 1.82) is 0 Å². The Labute approximate surface area is 194 Å². The van der Waals surface area contributed by atoms with Gasteiger partial charge < -0.3 is 9.47 Å². The lowest BCUT2D eigenvalue weighted by molar-refractivity contribution is 0.0853. The molecule has 0 aliphatic carbocycles. The molecular formula is C25H22F2N4O3. The van der Waals surface area contributed by atoms with Crippen molar-refractivity contribution in [1.82, 2.24) is 19.6 Å². The zero-order chi connectivity index (χ0) is 23.5. The summed E-state index contributed by atoms with van der Waals surface area (Å²) in [5.41, 5.74) is 1.42. The summed E-state index contributed by atoms with van der Waals surface area (Å²) in [5, 5.41) is 8.69. The predicted molar refractivity (Wildman–Crippen MR) is 122 cm³/mol. The fourth-order valence-corrected chi connectivity index (χ4v) is 4.17. The molecule has 4 aromatic rings. The smallest absolute Gasteiger partial charge is 0.251 e. The molecule has 7 nitrogen and oxygen atoms in total. The molecule has 0 spiro atoms. The molecule has 1 aliphatic rings. The van der Waals surface area contributed by atoms with Gasteiger partial charge in [-0.1, -0.05) is 24.3 Å². The van der Waals surface area contributed by atoms with E-state index in [1.165, 1.54) is 27.8 Å². The molecule has 0 amide bonds. The third-order valence-corrected chi connectivity index (χ3v) is 5.89. The zero-order valence-corrected chi connectivity index (χ0v) is 18.2. The molecule has 1 saturated heterocycles. The first-order chi connectivity index (χ1) is 16.7. The maximum Gasteiger partial charge on any atom is 0.251 e. The Morgan fingerprint density at radius 2 is 1.88 bits per heavy atom. The average molecular weight is 464 g/mol. The van der Waals surface area contributed by atoms with Crippen LogP contribution in [0.15, 0.2) is 71.8 Å². The maximum absolute atomic E-state index is 15.2. The Morgan fingerprint density at radius 1 is 1.09 bits per heavy atom. The van der Waals surface area contributed by atoms with E-state index < -0.39 is 18.1 Å². The van der Waals surface area contributed by atoms with Crippen molar-refractivity contribution in [2.45, 2.75) is 18.8 Å². The van der Waals surface area contributed by atoms with Crippen LogP contribution in [0.25, 0.3) is 22.8 Å². The number of benzene rings is 2. The Balaban J connectivity index is 1.61. The van der Waals surface area contributed by atoms with Crippen molar-refractivity contribution >= 4 is 0 Å². The van der Waals surface area contributed by atoms with Crippen molar-refractivity contribution < 1.29 is 18.3 Å². The minimum Gasteiger partial charge on any atom is -0.457 e. The molecule has 0 atom stereocenters. The molecule has 2 aromatic carbocycles. The number of aromatic nitrogens is 4. The molecule has 3 heterocycles. The highest BCUT2D eigenvalue weighted by Crippen LogP contribution is 2.29. The number of hydrogen-bond donors (Lipinski definition) is 0. The molecule has 0 radical (unpaired) electrons. The summed E-state index contributed by atoms with van der Waals surface area (Å²) in [7, 11) is 0. The zero-order valence-electron chi connectivity index (χ0n) is 18.2. The van der Waals surface area contributed by atoms with E-state index in [9.17, 15) is 9.18 Å². The number of ether oxygens (including phenoxy) is 2. The highest BCUT2D eigenvalue weighted by atomic mass is 19.1. The lowest BCUT2D eigenvalue weighted by Gasteiger charge is -2.22. The molecule has 2 aromatic heterocycles. The van der Waals surface area contributed by atoms with Crippen molar-refractivity contribution in [3.05, 3.63) is 88.6 Å². The fraction of sp³-hybridized carbons (Fsp3) is 0.240. The van der Waals surface area contributed by atoms with Crippen LogP contribution in [0.3, 0.4) is 0 Å². The normalized spacial score (nSPS) is 14.3. The van der Waals surface area contributed by atoms with Crippen molar-refractivity contribution in [3.8, 4) is 28.5 Å². The highest BCUT2D eigenvalue weighted by molar-refractivity contribution is 5.59. The van der Waals surface area contributed by atoms with Gasteiger partial charge in [-0.15, -0.1) is 0 Å². The second-order valence-electron chi connectivity index (χ2n) is 7.93. The predicted octanol–water partition coefficient (Wildman–Crippen LogP) is 4.42. The molecule has 0 saturated carbocycles. The molecular weight excluding hydrogens is 442 g/mol. The SMILES string of the molecule is O=c1c(OCF)cn(-c2ccc(C3CCOCC3)cc2F)nc1-c1ccnn1-c1ccccc1. The Bertz CT molecular complexity index is 1350. The summed E-state index contributed by atoms with van der Waals surface area (Å²) in [6, 6.07) is 15.7. The monoisotopic (exact) mass is 464 g/mol. The first-order valence-corrected chi connectivity index (χ1v) is 11.0. The van der Waals surface area contributed by atoms with E-state index in [-0.39, 0.29) is 23.0 Å². The van der Waals surface area contributed by atoms with Gasteiger partial charge in [-0.2, -0.15) is 10.2 Å². The van der Waals surface area contributed by atoms with Gasteiger partial charge in [-0.05, 0) is 54.7 Å². The third-order valence-electron chi connectivity index (χ3n) is 5.89. The molecule has 1 aliphatic heterocycles. The molecule has 9 heteroatoms. The van der Waals surface area contributed by atoms with Crippen LogP contribution in [0.2, 0.25) is 0 Å². The number of alkyl halides is 1. The van der Waals surface area contributed by atoms with Crippen LogP contribution >= 0.6 is 0 Å². The average Bonchev–Trinajstić information content (AvgIpc) is 3.36. The van der Waals surface area contributed by atoms with Gasteiger partial charge in [0.05, 0.1) is 23.8 Å². The van der Waals surface area contributed by atoms with E-state index in [4.69, 9.17) is 9.47 Å². The minimum absolute atomic E-state index is 0.0415. The molecule has 0 N–H and O–H groups in total. The summed E-state index contributed by atoms with van der Waals surface area (Å²) in [6.07, 6.45) is 4.38. The highest BCUT2D eigenvalue weighted by Gasteiger charge is 2.21. The molecule has 174 valence electrons. The van der Waals surface area contributed by atoms with Crippen LogP contribution in [0.1, 0.15) is 24.3 Å². The van der Waals surface area contributed by atoms with E-state index in [2.05, 4.69) is 10.2 Å². The summed E-state index contributed by atoms with van der Waals surface area (Å²) >= 11 is 0. The number of rotatable bonds is 6. The first-order valence-electron chi connectivity index (χ1n) is 11.0. The first kappa shape index (κ1) is 22.0. The molecule has 34 heavy (non-hydrogen) atoms. The standard InChI is InChI=1S/C25H22F2N4O3/c26-16-34-23-15-30(21-7-6-18(14-20(21)27)17-9-12-33-13-10-17)29-24(25(23)32)22-8-11-28-31(22)19-4-2-1-3-5-19/h1-8,11,14-15,17H,9-10,12-13,16H2. The fourth-order valence-electron chi connectivity index (χ4n) is 4.17. The number of halogens is 2. The topological polar surface area (TPSA) is 71.2 Å². The summed E-state index contributed by atoms with van der Waals surface area (Å²) in [4.78, 5) is 13.1. The van der Waals surface area contributed by atoms with Crippen LogP contribution in [-0.2, 0) is 4.74 Å². The second kappa shape index (κ2) is 9.56. The quantitative estimate of drug-likeness (QED) is 0.422. The van der Waals surface area contributed by atoms with Gasteiger partial charge >= 0.3 is 0 Å². The largest absolute Gasteiger partial charge is 0.457 e. The van der Waals surface area contributed by atoms with E-state index >= 15 is 4.39 Å². The van der Waals surface area contributed by atoms with E-state index in [0.717, 1.165) is 18.4 Å². The van der Waals surface area contributed by atoms with Crippen LogP contribution in [0.5, 0.6) is 5.75 Å². The second-order valence-corrected chi connectivity index (χ2v) is 7.93. The summed E-state index contributed by atoms with van der Waals surface area (Å²) < 4.78 is 41.4. The van der Waals surface area contributed by atoms with Gasteiger partial charge in [0.15, 0.2) is 11.4 Å². The van der Waals surface area contributed by atoms with E-state index in [1.54, 1.807) is 12.1 Å². The van der Waals surface area contributed by atoms with Crippen LogP contribution in [-0.4, -0.2) is 39.6 Å². The molecule has 5 rings (SSSR count). The summed E-state index contributed by atoms with van der Waals surface area (Å²) in [6.45, 7) is 0.0944. The number of para-hydroxylation sites is 1. The Kier molecular flexibility index (Phi) is 6.18. The molecule has 1 fully saturated rings. The molecule has 0 bridgehead atoms. The van der Waals surface area contributed by atoms with Gasteiger partial charge in [0.2, 0.25) is 6.86 Å². The van der Waals surface area contributed by atoms with Gasteiger partial charge in [0.25, 0.3) is 5.43 Å². The Morgan fingerprint density at radius 3 is 2.62 bits per heavy atom. The lowest BCUT2D eigenvalue weighted by Crippen LogP contribution is -2.19. The molecule has 0 unspecified atom stereocenters. The van der Waals surface area contributed by atoms with Gasteiger partial charge in [0.1, 0.15) is 11.5 Å². The van der Waals surface area contributed by atoms with Gasteiger partial charge in [-0.3, -0.25) is 4.79 Å². The van der Waals surface area contributed by atoms with Crippen molar-refractivity contribution in [2.75, 3.05) is 20.1 Å². The Hall–Kier alpha value is -3.85. The number of nitrogens with zero attached hydrogens (tertiary/aromatic N) is 4. The van der Waals surface area contributed by atoms with E-state index in [0.29, 0.717) is 24.6 Å². The van der Waals surface area contributed by atoms with Crippen molar-refractivity contribution in [3.63, 3.8) is 0 Å². The van der Waals surface area contributed by atoms with Crippen molar-refractivity contribution in [2.24, 2.45) is 0 Å². The van der Waals surface area contributed by atoms with Crippen LogP contribution in [0.4, 0.5) is 8.78 Å². The van der Waals surface area contributed by atoms with Gasteiger partial charge in [-0.25, -0.2) is 18.1 Å². The van der Waals surface area contributed by atoms with Gasteiger partial charge in [0, 0.05) is 13.2 Å². The van der Waals surface area contributed by atoms with E-state index in [1.807, 2.05) is 36.4 Å². The van der Waals surface area contributed by atoms with Crippen LogP contribution in [0, 0.1) is 5.82 Å². The maximum atomic E-state index is 15.2. The lowest BCUT2D eigenvalue weighted by atomic mass is 9.91. The summed E-state index contributed by atoms with van der Waals surface area (Å²) in [5.74, 6) is -0.560. The minimum atomic E-state index is -1.21.